The standard InChI is InChI=1S/C9H6F5O/c10-6-3-1-2-4-7(6)15-5-9(13,14)8(11)12/h1-2,4,8H,5H2. The van der Waals surface area contributed by atoms with E-state index in [1.54, 1.807) is 0 Å². The molecule has 1 aromatic carbocycles. The summed E-state index contributed by atoms with van der Waals surface area (Å²) in [5.74, 6) is -5.82. The van der Waals surface area contributed by atoms with Gasteiger partial charge in [-0.05, 0) is 6.07 Å². The molecule has 1 rings (SSSR count). The number of ether oxygens (including phenoxy) is 1. The van der Waals surface area contributed by atoms with Crippen LogP contribution in [0.3, 0.4) is 0 Å². The second-order valence-corrected chi connectivity index (χ2v) is 2.70. The van der Waals surface area contributed by atoms with Crippen LogP contribution in [0, 0.1) is 11.9 Å². The van der Waals surface area contributed by atoms with Crippen LogP contribution in [0.5, 0.6) is 5.75 Å². The van der Waals surface area contributed by atoms with Gasteiger partial charge in [-0.1, -0.05) is 12.1 Å². The van der Waals surface area contributed by atoms with Crippen LogP contribution in [-0.4, -0.2) is 19.0 Å². The average molecular weight is 225 g/mol. The SMILES string of the molecule is Fc1[c]cccc1OCC(F)(F)C(F)F. The maximum atomic E-state index is 12.8. The van der Waals surface area contributed by atoms with Crippen LogP contribution in [0.15, 0.2) is 18.2 Å². The predicted molar refractivity (Wildman–Crippen MR) is 41.7 cm³/mol. The lowest BCUT2D eigenvalue weighted by atomic mass is 10.3. The summed E-state index contributed by atoms with van der Waals surface area (Å²) in [4.78, 5) is 0. The summed E-state index contributed by atoms with van der Waals surface area (Å²) in [6.45, 7) is -1.57. The lowest BCUT2D eigenvalue weighted by Gasteiger charge is -2.15. The van der Waals surface area contributed by atoms with Gasteiger partial charge in [-0.15, -0.1) is 0 Å². The number of hydrogen-bond acceptors (Lipinski definition) is 1. The van der Waals surface area contributed by atoms with Crippen LogP contribution in [0.2, 0.25) is 0 Å². The van der Waals surface area contributed by atoms with Crippen molar-refractivity contribution >= 4 is 0 Å². The first-order valence-electron chi connectivity index (χ1n) is 3.88. The van der Waals surface area contributed by atoms with Crippen molar-refractivity contribution in [1.29, 1.82) is 0 Å². The zero-order valence-corrected chi connectivity index (χ0v) is 7.31. The van der Waals surface area contributed by atoms with Crippen LogP contribution in [-0.2, 0) is 0 Å². The summed E-state index contributed by atoms with van der Waals surface area (Å²) in [7, 11) is 0. The Labute approximate surface area is 82.5 Å². The molecule has 0 bridgehead atoms. The maximum Gasteiger partial charge on any atom is 0.340 e. The highest BCUT2D eigenvalue weighted by Gasteiger charge is 2.41. The van der Waals surface area contributed by atoms with Crippen molar-refractivity contribution in [3.8, 4) is 5.75 Å². The summed E-state index contributed by atoms with van der Waals surface area (Å²) in [6.07, 6.45) is -3.84. The number of hydrogen-bond donors (Lipinski definition) is 0. The highest BCUT2D eigenvalue weighted by atomic mass is 19.3. The summed E-state index contributed by atoms with van der Waals surface area (Å²) in [6, 6.07) is 5.58. The van der Waals surface area contributed by atoms with Crippen molar-refractivity contribution in [3.05, 3.63) is 30.1 Å². The summed E-state index contributed by atoms with van der Waals surface area (Å²) >= 11 is 0. The van der Waals surface area contributed by atoms with Gasteiger partial charge < -0.3 is 4.74 Å². The minimum atomic E-state index is -4.29. The van der Waals surface area contributed by atoms with E-state index >= 15 is 0 Å². The molecule has 0 aliphatic heterocycles. The Balaban J connectivity index is 2.62. The van der Waals surface area contributed by atoms with Crippen molar-refractivity contribution in [1.82, 2.24) is 0 Å². The molecule has 0 atom stereocenters. The van der Waals surface area contributed by atoms with Crippen molar-refractivity contribution < 1.29 is 26.7 Å². The Morgan fingerprint density at radius 1 is 1.40 bits per heavy atom. The van der Waals surface area contributed by atoms with Gasteiger partial charge in [0.2, 0.25) is 0 Å². The quantitative estimate of drug-likeness (QED) is 0.716. The van der Waals surface area contributed by atoms with E-state index in [0.29, 0.717) is 0 Å². The topological polar surface area (TPSA) is 9.23 Å². The molecular weight excluding hydrogens is 219 g/mol. The summed E-state index contributed by atoms with van der Waals surface area (Å²) in [5, 5.41) is 0. The number of alkyl halides is 4. The van der Waals surface area contributed by atoms with E-state index in [4.69, 9.17) is 0 Å². The number of halogens is 5. The molecule has 0 aliphatic rings. The molecule has 0 unspecified atom stereocenters. The Hall–Kier alpha value is -1.33. The first-order valence-corrected chi connectivity index (χ1v) is 3.88. The molecule has 0 aromatic heterocycles. The van der Waals surface area contributed by atoms with Gasteiger partial charge in [-0.2, -0.15) is 8.78 Å². The van der Waals surface area contributed by atoms with Gasteiger partial charge in [-0.25, -0.2) is 13.2 Å². The van der Waals surface area contributed by atoms with E-state index in [2.05, 4.69) is 4.74 Å². The minimum Gasteiger partial charge on any atom is -0.484 e. The van der Waals surface area contributed by atoms with Crippen molar-refractivity contribution in [2.75, 3.05) is 6.61 Å². The first-order chi connectivity index (χ1) is 6.93. The maximum absolute atomic E-state index is 12.8. The summed E-state index contributed by atoms with van der Waals surface area (Å²) in [5.41, 5.74) is 0. The predicted octanol–water partition coefficient (Wildman–Crippen LogP) is 2.91. The molecule has 6 heteroatoms. The molecule has 0 N–H and O–H groups in total. The van der Waals surface area contributed by atoms with Crippen LogP contribution >= 0.6 is 0 Å². The van der Waals surface area contributed by atoms with Crippen LogP contribution in [0.25, 0.3) is 0 Å². The second-order valence-electron chi connectivity index (χ2n) is 2.70. The molecule has 1 radical (unpaired) electrons. The van der Waals surface area contributed by atoms with Gasteiger partial charge in [-0.3, -0.25) is 0 Å². The lowest BCUT2D eigenvalue weighted by molar-refractivity contribution is -0.148. The van der Waals surface area contributed by atoms with E-state index in [0.717, 1.165) is 6.07 Å². The lowest BCUT2D eigenvalue weighted by Crippen LogP contribution is -2.33. The molecule has 0 aliphatic carbocycles. The third-order valence-corrected chi connectivity index (χ3v) is 1.51. The van der Waals surface area contributed by atoms with Gasteiger partial charge in [0.05, 0.1) is 0 Å². The first kappa shape index (κ1) is 11.7. The van der Waals surface area contributed by atoms with E-state index in [9.17, 15) is 22.0 Å². The largest absolute Gasteiger partial charge is 0.484 e. The fraction of sp³-hybridized carbons (Fsp3) is 0.333. The van der Waals surface area contributed by atoms with Crippen LogP contribution in [0.4, 0.5) is 22.0 Å². The van der Waals surface area contributed by atoms with Crippen LogP contribution in [0.1, 0.15) is 0 Å². The molecule has 0 heterocycles. The molecule has 1 aromatic rings. The zero-order chi connectivity index (χ0) is 11.5. The normalized spacial score (nSPS) is 11.9. The van der Waals surface area contributed by atoms with E-state index < -0.39 is 30.5 Å². The zero-order valence-electron chi connectivity index (χ0n) is 7.31. The molecule has 1 nitrogen and oxygen atoms in total. The Morgan fingerprint density at radius 2 is 2.07 bits per heavy atom. The smallest absolute Gasteiger partial charge is 0.340 e. The molecule has 83 valence electrons. The van der Waals surface area contributed by atoms with Gasteiger partial charge >= 0.3 is 12.3 Å². The van der Waals surface area contributed by atoms with Gasteiger partial charge in [0.25, 0.3) is 0 Å². The monoisotopic (exact) mass is 225 g/mol. The fourth-order valence-electron chi connectivity index (χ4n) is 0.750. The van der Waals surface area contributed by atoms with Crippen LogP contribution < -0.4 is 4.74 Å². The number of rotatable bonds is 4. The average Bonchev–Trinajstić information content (AvgIpc) is 2.16. The van der Waals surface area contributed by atoms with Gasteiger partial charge in [0.15, 0.2) is 18.2 Å². The van der Waals surface area contributed by atoms with E-state index in [1.807, 2.05) is 6.07 Å². The molecule has 0 saturated carbocycles. The van der Waals surface area contributed by atoms with E-state index in [-0.39, 0.29) is 0 Å². The third kappa shape index (κ3) is 3.07. The Bertz CT molecular complexity index is 326. The molecule has 0 amide bonds. The minimum absolute atomic E-state index is 0.530. The summed E-state index contributed by atoms with van der Waals surface area (Å²) < 4.78 is 65.1. The molecule has 0 saturated heterocycles. The second kappa shape index (κ2) is 4.46. The van der Waals surface area contributed by atoms with Crippen molar-refractivity contribution in [3.63, 3.8) is 0 Å². The molecule has 0 fully saturated rings. The molecule has 15 heavy (non-hydrogen) atoms. The van der Waals surface area contributed by atoms with Crippen molar-refractivity contribution in [2.24, 2.45) is 0 Å². The van der Waals surface area contributed by atoms with Gasteiger partial charge in [0.1, 0.15) is 0 Å². The fourth-order valence-corrected chi connectivity index (χ4v) is 0.750. The molecule has 0 spiro atoms. The number of benzene rings is 1. The third-order valence-electron chi connectivity index (χ3n) is 1.51. The Morgan fingerprint density at radius 3 is 2.60 bits per heavy atom. The van der Waals surface area contributed by atoms with Gasteiger partial charge in [0, 0.05) is 6.07 Å². The highest BCUT2D eigenvalue weighted by Crippen LogP contribution is 2.25. The molecular formula is C9H6F5O. The highest BCUT2D eigenvalue weighted by molar-refractivity contribution is 5.22. The van der Waals surface area contributed by atoms with Crippen molar-refractivity contribution in [2.45, 2.75) is 12.3 Å². The van der Waals surface area contributed by atoms with E-state index in [1.165, 1.54) is 12.1 Å². The Kier molecular flexibility index (Phi) is 3.49.